The molecule has 0 radical (unpaired) electrons. The van der Waals surface area contributed by atoms with Crippen molar-refractivity contribution in [3.8, 4) is 0 Å². The summed E-state index contributed by atoms with van der Waals surface area (Å²) in [4.78, 5) is 12.3. The monoisotopic (exact) mass is 374 g/mol. The fraction of sp³-hybridized carbons (Fsp3) is 0.316. The first-order chi connectivity index (χ1) is 11.0. The number of hydrogen-bond donors (Lipinski definition) is 2. The lowest BCUT2D eigenvalue weighted by Gasteiger charge is -2.15. The molecule has 0 aliphatic rings. The van der Waals surface area contributed by atoms with Crippen LogP contribution in [-0.4, -0.2) is 12.5 Å². The number of carbonyl (C=O) groups excluding carboxylic acids is 1. The summed E-state index contributed by atoms with van der Waals surface area (Å²) in [6.45, 7) is 6.48. The average molecular weight is 375 g/mol. The Morgan fingerprint density at radius 1 is 1.09 bits per heavy atom. The summed E-state index contributed by atoms with van der Waals surface area (Å²) in [7, 11) is 0. The molecule has 2 aromatic carbocycles. The quantitative estimate of drug-likeness (QED) is 0.752. The number of para-hydroxylation sites is 1. The summed E-state index contributed by atoms with van der Waals surface area (Å²) in [5.41, 5.74) is 5.41. The molecule has 0 atom stereocenters. The molecule has 0 saturated heterocycles. The number of hydrogen-bond acceptors (Lipinski definition) is 2. The van der Waals surface area contributed by atoms with E-state index in [4.69, 9.17) is 0 Å². The highest BCUT2D eigenvalue weighted by atomic mass is 79.9. The Balaban J connectivity index is 2.05. The van der Waals surface area contributed by atoms with E-state index in [9.17, 15) is 4.79 Å². The van der Waals surface area contributed by atoms with Crippen LogP contribution < -0.4 is 10.6 Å². The number of carbonyl (C=O) groups is 1. The van der Waals surface area contributed by atoms with Gasteiger partial charge in [0.2, 0.25) is 5.91 Å². The van der Waals surface area contributed by atoms with Gasteiger partial charge in [-0.1, -0.05) is 48.0 Å². The molecule has 4 heteroatoms. The molecule has 0 saturated carbocycles. The number of aryl methyl sites for hydroxylation is 3. The van der Waals surface area contributed by atoms with Gasteiger partial charge < -0.3 is 10.6 Å². The molecule has 0 fully saturated rings. The van der Waals surface area contributed by atoms with Crippen LogP contribution in [0.2, 0.25) is 0 Å². The van der Waals surface area contributed by atoms with Crippen LogP contribution in [0.1, 0.15) is 30.5 Å². The average Bonchev–Trinajstić information content (AvgIpc) is 2.54. The van der Waals surface area contributed by atoms with E-state index in [1.54, 1.807) is 0 Å². The van der Waals surface area contributed by atoms with Gasteiger partial charge in [0.15, 0.2) is 0 Å². The molecule has 0 aromatic heterocycles. The van der Waals surface area contributed by atoms with Crippen molar-refractivity contribution in [2.45, 2.75) is 33.6 Å². The zero-order valence-corrected chi connectivity index (χ0v) is 15.5. The number of rotatable bonds is 6. The Hall–Kier alpha value is -1.81. The first-order valence-electron chi connectivity index (χ1n) is 7.95. The van der Waals surface area contributed by atoms with Gasteiger partial charge in [0.05, 0.1) is 6.54 Å². The van der Waals surface area contributed by atoms with Crippen molar-refractivity contribution in [2.24, 2.45) is 0 Å². The van der Waals surface area contributed by atoms with Crippen molar-refractivity contribution in [3.05, 3.63) is 57.6 Å². The van der Waals surface area contributed by atoms with Gasteiger partial charge in [-0.15, -0.1) is 0 Å². The molecule has 0 aliphatic heterocycles. The van der Waals surface area contributed by atoms with Gasteiger partial charge in [0.25, 0.3) is 0 Å². The highest BCUT2D eigenvalue weighted by Gasteiger charge is 2.10. The number of benzene rings is 2. The van der Waals surface area contributed by atoms with Crippen LogP contribution in [-0.2, 0) is 17.6 Å². The van der Waals surface area contributed by atoms with Crippen molar-refractivity contribution >= 4 is 33.2 Å². The first-order valence-corrected chi connectivity index (χ1v) is 8.75. The number of amides is 1. The molecule has 122 valence electrons. The number of halogens is 1. The maximum Gasteiger partial charge on any atom is 0.243 e. The molecule has 1 amide bonds. The molecule has 0 bridgehead atoms. The Labute approximate surface area is 146 Å². The molecule has 0 spiro atoms. The van der Waals surface area contributed by atoms with Crippen LogP contribution in [0.25, 0.3) is 0 Å². The van der Waals surface area contributed by atoms with E-state index in [1.165, 1.54) is 11.1 Å². The van der Waals surface area contributed by atoms with E-state index >= 15 is 0 Å². The molecular weight excluding hydrogens is 352 g/mol. The zero-order valence-electron chi connectivity index (χ0n) is 13.9. The highest BCUT2D eigenvalue weighted by Crippen LogP contribution is 2.23. The molecule has 2 rings (SSSR count). The maximum atomic E-state index is 12.3. The minimum atomic E-state index is -0.0251. The predicted octanol–water partition coefficient (Wildman–Crippen LogP) is 4.93. The molecule has 0 aliphatic carbocycles. The first kappa shape index (κ1) is 17.5. The normalized spacial score (nSPS) is 10.4. The third kappa shape index (κ3) is 4.58. The summed E-state index contributed by atoms with van der Waals surface area (Å²) in [6, 6.07) is 12.2. The summed E-state index contributed by atoms with van der Waals surface area (Å²) in [5.74, 6) is -0.0251. The van der Waals surface area contributed by atoms with Gasteiger partial charge in [-0.3, -0.25) is 4.79 Å². The van der Waals surface area contributed by atoms with Gasteiger partial charge in [0, 0.05) is 15.8 Å². The van der Waals surface area contributed by atoms with Crippen molar-refractivity contribution in [1.82, 2.24) is 0 Å². The Kier molecular flexibility index (Phi) is 6.22. The SMILES string of the molecule is CCc1cccc(CC)c1NC(=O)CNc1ccc(Br)cc1C. The van der Waals surface area contributed by atoms with Crippen molar-refractivity contribution in [3.63, 3.8) is 0 Å². The number of anilines is 2. The van der Waals surface area contributed by atoms with E-state index < -0.39 is 0 Å². The lowest BCUT2D eigenvalue weighted by Crippen LogP contribution is -2.23. The Bertz CT molecular complexity index is 676. The second kappa shape index (κ2) is 8.16. The van der Waals surface area contributed by atoms with E-state index in [0.717, 1.165) is 34.3 Å². The second-order valence-corrected chi connectivity index (χ2v) is 6.44. The van der Waals surface area contributed by atoms with Gasteiger partial charge in [-0.2, -0.15) is 0 Å². The lowest BCUT2D eigenvalue weighted by molar-refractivity contribution is -0.114. The third-order valence-electron chi connectivity index (χ3n) is 3.89. The van der Waals surface area contributed by atoms with Crippen molar-refractivity contribution in [1.29, 1.82) is 0 Å². The molecule has 3 nitrogen and oxygen atoms in total. The molecule has 2 N–H and O–H groups in total. The van der Waals surface area contributed by atoms with Gasteiger partial charge in [-0.05, 0) is 54.7 Å². The maximum absolute atomic E-state index is 12.3. The fourth-order valence-corrected chi connectivity index (χ4v) is 3.06. The van der Waals surface area contributed by atoms with Crippen molar-refractivity contribution < 1.29 is 4.79 Å². The van der Waals surface area contributed by atoms with Crippen LogP contribution in [0.5, 0.6) is 0 Å². The summed E-state index contributed by atoms with van der Waals surface area (Å²) in [6.07, 6.45) is 1.81. The smallest absolute Gasteiger partial charge is 0.243 e. The highest BCUT2D eigenvalue weighted by molar-refractivity contribution is 9.10. The van der Waals surface area contributed by atoms with E-state index in [1.807, 2.05) is 25.1 Å². The lowest BCUT2D eigenvalue weighted by atomic mass is 10.0. The topological polar surface area (TPSA) is 41.1 Å². The van der Waals surface area contributed by atoms with Gasteiger partial charge >= 0.3 is 0 Å². The van der Waals surface area contributed by atoms with Crippen LogP contribution in [0.15, 0.2) is 40.9 Å². The Morgan fingerprint density at radius 2 is 1.74 bits per heavy atom. The minimum absolute atomic E-state index is 0.0251. The van der Waals surface area contributed by atoms with E-state index in [2.05, 4.69) is 58.6 Å². The largest absolute Gasteiger partial charge is 0.376 e. The minimum Gasteiger partial charge on any atom is -0.376 e. The third-order valence-corrected chi connectivity index (χ3v) is 4.38. The summed E-state index contributed by atoms with van der Waals surface area (Å²) < 4.78 is 1.04. The predicted molar refractivity (Wildman–Crippen MR) is 101 cm³/mol. The van der Waals surface area contributed by atoms with Crippen LogP contribution in [0.3, 0.4) is 0 Å². The van der Waals surface area contributed by atoms with Gasteiger partial charge in [0.1, 0.15) is 0 Å². The van der Waals surface area contributed by atoms with Gasteiger partial charge in [-0.25, -0.2) is 0 Å². The molecule has 0 unspecified atom stereocenters. The van der Waals surface area contributed by atoms with E-state index in [0.29, 0.717) is 0 Å². The summed E-state index contributed by atoms with van der Waals surface area (Å²) >= 11 is 3.45. The van der Waals surface area contributed by atoms with Crippen LogP contribution in [0, 0.1) is 6.92 Å². The van der Waals surface area contributed by atoms with Crippen molar-refractivity contribution in [2.75, 3.05) is 17.2 Å². The fourth-order valence-electron chi connectivity index (χ4n) is 2.59. The molecule has 0 heterocycles. The molecule has 23 heavy (non-hydrogen) atoms. The number of nitrogens with one attached hydrogen (secondary N) is 2. The van der Waals surface area contributed by atoms with Crippen LogP contribution >= 0.6 is 15.9 Å². The standard InChI is InChI=1S/C19H23BrN2O/c1-4-14-7-6-8-15(5-2)19(14)22-18(23)12-21-17-10-9-16(20)11-13(17)3/h6-11,21H,4-5,12H2,1-3H3,(H,22,23). The van der Waals surface area contributed by atoms with E-state index in [-0.39, 0.29) is 12.5 Å². The van der Waals surface area contributed by atoms with Crippen LogP contribution in [0.4, 0.5) is 11.4 Å². The zero-order chi connectivity index (χ0) is 16.8. The molecular formula is C19H23BrN2O. The molecule has 2 aromatic rings. The summed E-state index contributed by atoms with van der Waals surface area (Å²) in [5, 5.41) is 6.27. The second-order valence-electron chi connectivity index (χ2n) is 5.52. The Morgan fingerprint density at radius 3 is 2.30 bits per heavy atom.